The van der Waals surface area contributed by atoms with Gasteiger partial charge in [0.15, 0.2) is 0 Å². The van der Waals surface area contributed by atoms with Crippen LogP contribution in [0.3, 0.4) is 0 Å². The molecular weight excluding hydrogens is 416 g/mol. The smallest absolute Gasteiger partial charge is 0.0991 e. The van der Waals surface area contributed by atoms with E-state index >= 15 is 0 Å². The summed E-state index contributed by atoms with van der Waals surface area (Å²) in [6.07, 6.45) is 11.8. The lowest BCUT2D eigenvalue weighted by molar-refractivity contribution is 1.09. The molecule has 0 saturated carbocycles. The molecule has 2 rings (SSSR count). The van der Waals surface area contributed by atoms with Crippen molar-refractivity contribution < 1.29 is 0 Å². The topological polar surface area (TPSA) is 54.1 Å². The summed E-state index contributed by atoms with van der Waals surface area (Å²) in [5, 5.41) is 18.0. The van der Waals surface area contributed by atoms with E-state index in [2.05, 4.69) is 30.2 Å². The second kappa shape index (κ2) is 12.5. The summed E-state index contributed by atoms with van der Waals surface area (Å²) in [6, 6.07) is 19.2. The van der Waals surface area contributed by atoms with Gasteiger partial charge in [0.25, 0.3) is 0 Å². The van der Waals surface area contributed by atoms with E-state index < -0.39 is 0 Å². The average molecular weight is 447 g/mol. The van der Waals surface area contributed by atoms with Gasteiger partial charge in [-0.05, 0) is 91.8 Å². The van der Waals surface area contributed by atoms with Crippen LogP contribution in [0.1, 0.15) is 25.0 Å². The van der Waals surface area contributed by atoms with Gasteiger partial charge in [-0.15, -0.1) is 0 Å². The highest BCUT2D eigenvalue weighted by Crippen LogP contribution is 2.21. The maximum absolute atomic E-state index is 9.00. The minimum absolute atomic E-state index is 0.631. The largest absolute Gasteiger partial charge is 0.348 e. The monoisotopic (exact) mass is 446 g/mol. The third-order valence-corrected chi connectivity index (χ3v) is 5.58. The first-order valence-electron chi connectivity index (χ1n) is 10.8. The van der Waals surface area contributed by atoms with E-state index in [-0.39, 0.29) is 0 Å². The molecule has 2 aromatic rings. The summed E-state index contributed by atoms with van der Waals surface area (Å²) >= 11 is 0. The number of hydrogen-bond acceptors (Lipinski definition) is 4. The van der Waals surface area contributed by atoms with Crippen LogP contribution in [0, 0.1) is 22.7 Å². The molecule has 0 saturated heterocycles. The molecule has 0 aromatic heterocycles. The Morgan fingerprint density at radius 3 is 1.65 bits per heavy atom. The predicted molar refractivity (Wildman–Crippen MR) is 143 cm³/mol. The maximum Gasteiger partial charge on any atom is 0.0991 e. The molecule has 4 heteroatoms. The fourth-order valence-corrected chi connectivity index (χ4v) is 3.18. The van der Waals surface area contributed by atoms with E-state index in [0.29, 0.717) is 11.1 Å². The first-order valence-corrected chi connectivity index (χ1v) is 10.8. The zero-order valence-corrected chi connectivity index (χ0v) is 20.3. The molecule has 0 aliphatic rings. The minimum Gasteiger partial charge on any atom is -0.348 e. The van der Waals surface area contributed by atoms with Crippen LogP contribution in [0.2, 0.25) is 0 Å². The molecule has 0 unspecified atom stereocenters. The summed E-state index contributed by atoms with van der Waals surface area (Å²) in [4.78, 5) is 4.09. The van der Waals surface area contributed by atoms with E-state index in [9.17, 15) is 0 Å². The van der Waals surface area contributed by atoms with Crippen LogP contribution >= 0.6 is 0 Å². The number of benzene rings is 2. The van der Waals surface area contributed by atoms with Gasteiger partial charge in [0.2, 0.25) is 0 Å². The van der Waals surface area contributed by atoms with Crippen molar-refractivity contribution in [3.63, 3.8) is 0 Å². The van der Waals surface area contributed by atoms with Crippen LogP contribution in [0.4, 0.5) is 11.4 Å². The van der Waals surface area contributed by atoms with E-state index in [1.807, 2.05) is 99.6 Å². The third-order valence-electron chi connectivity index (χ3n) is 5.58. The maximum atomic E-state index is 9.00. The Morgan fingerprint density at radius 1 is 0.706 bits per heavy atom. The Labute approximate surface area is 203 Å². The van der Waals surface area contributed by atoms with Crippen molar-refractivity contribution in [3.8, 4) is 12.1 Å². The van der Waals surface area contributed by atoms with Crippen molar-refractivity contribution in [3.05, 3.63) is 132 Å². The average Bonchev–Trinajstić information content (AvgIpc) is 2.88. The van der Waals surface area contributed by atoms with E-state index in [0.717, 1.165) is 33.9 Å². The SMILES string of the molecule is C=CC(=C\C=C(/C)N(C)c1ccc(C#N)cc1)/C(C)=C/C=C(\C=C)N(C)c1ccc(C#N)cc1. The molecule has 170 valence electrons. The third kappa shape index (κ3) is 6.73. The molecule has 0 aliphatic carbocycles. The van der Waals surface area contributed by atoms with Crippen LogP contribution < -0.4 is 9.80 Å². The van der Waals surface area contributed by atoms with Gasteiger partial charge in [-0.1, -0.05) is 31.4 Å². The highest BCUT2D eigenvalue weighted by molar-refractivity contribution is 5.57. The number of allylic oxidation sites excluding steroid dienone is 9. The molecule has 2 aromatic carbocycles. The van der Waals surface area contributed by atoms with Crippen molar-refractivity contribution >= 4 is 11.4 Å². The van der Waals surface area contributed by atoms with Gasteiger partial charge >= 0.3 is 0 Å². The normalized spacial score (nSPS) is 12.4. The molecule has 4 nitrogen and oxygen atoms in total. The molecule has 0 bridgehead atoms. The highest BCUT2D eigenvalue weighted by atomic mass is 15.1. The lowest BCUT2D eigenvalue weighted by Gasteiger charge is -2.20. The van der Waals surface area contributed by atoms with Crippen LogP contribution in [0.15, 0.2) is 121 Å². The predicted octanol–water partition coefficient (Wildman–Crippen LogP) is 7.03. The van der Waals surface area contributed by atoms with Crippen LogP contribution in [-0.2, 0) is 0 Å². The lowest BCUT2D eigenvalue weighted by atomic mass is 10.1. The van der Waals surface area contributed by atoms with Crippen molar-refractivity contribution in [2.45, 2.75) is 13.8 Å². The summed E-state index contributed by atoms with van der Waals surface area (Å²) < 4.78 is 0. The molecule has 0 N–H and O–H groups in total. The first kappa shape index (κ1) is 25.7. The van der Waals surface area contributed by atoms with Gasteiger partial charge in [-0.3, -0.25) is 0 Å². The standard InChI is InChI=1S/C30H30N4/c1-7-27(15-10-24(4)33(5)29-17-11-25(21-31)12-18-29)23(3)9-16-28(8-2)34(6)30-19-13-26(22-32)14-20-30/h7-20H,1-2H2,3-6H3/b23-9+,24-10+,27-15+,28-16+. The van der Waals surface area contributed by atoms with Gasteiger partial charge in [0.05, 0.1) is 23.3 Å². The van der Waals surface area contributed by atoms with Crippen molar-refractivity contribution in [2.75, 3.05) is 23.9 Å². The molecule has 34 heavy (non-hydrogen) atoms. The fraction of sp³-hybridized carbons (Fsp3) is 0.133. The van der Waals surface area contributed by atoms with Gasteiger partial charge in [0.1, 0.15) is 0 Å². The second-order valence-corrected chi connectivity index (χ2v) is 7.71. The number of anilines is 2. The molecule has 0 aliphatic heterocycles. The second-order valence-electron chi connectivity index (χ2n) is 7.71. The number of nitriles is 2. The van der Waals surface area contributed by atoms with Crippen LogP contribution in [-0.4, -0.2) is 14.1 Å². The Morgan fingerprint density at radius 2 is 1.21 bits per heavy atom. The Kier molecular flexibility index (Phi) is 9.44. The molecular formula is C30H30N4. The van der Waals surface area contributed by atoms with E-state index in [1.54, 1.807) is 18.2 Å². The summed E-state index contributed by atoms with van der Waals surface area (Å²) in [6.45, 7) is 12.0. The van der Waals surface area contributed by atoms with Gasteiger partial charge < -0.3 is 9.80 Å². The first-order chi connectivity index (χ1) is 16.3. The number of hydrogen-bond donors (Lipinski definition) is 0. The molecule has 0 spiro atoms. The Bertz CT molecular complexity index is 1220. The van der Waals surface area contributed by atoms with E-state index in [1.165, 1.54) is 0 Å². The quantitative estimate of drug-likeness (QED) is 0.388. The Hall–Kier alpha value is -4.54. The summed E-state index contributed by atoms with van der Waals surface area (Å²) in [5.74, 6) is 0. The highest BCUT2D eigenvalue weighted by Gasteiger charge is 2.05. The van der Waals surface area contributed by atoms with Gasteiger partial charge in [0, 0.05) is 36.9 Å². The zero-order valence-electron chi connectivity index (χ0n) is 20.3. The van der Waals surface area contributed by atoms with Crippen LogP contribution in [0.5, 0.6) is 0 Å². The molecule has 0 radical (unpaired) electrons. The zero-order chi connectivity index (χ0) is 25.1. The van der Waals surface area contributed by atoms with E-state index in [4.69, 9.17) is 10.5 Å². The van der Waals surface area contributed by atoms with Crippen molar-refractivity contribution in [2.24, 2.45) is 0 Å². The number of nitrogens with zero attached hydrogens (tertiary/aromatic N) is 4. The minimum atomic E-state index is 0.631. The number of likely N-dealkylation sites (N-methyl/N-ethyl adjacent to an activating group) is 1. The summed E-state index contributed by atoms with van der Waals surface area (Å²) in [7, 11) is 3.96. The molecule has 0 amide bonds. The molecule has 0 fully saturated rings. The Balaban J connectivity index is 2.22. The molecule has 0 heterocycles. The van der Waals surface area contributed by atoms with Gasteiger partial charge in [-0.2, -0.15) is 10.5 Å². The van der Waals surface area contributed by atoms with Crippen molar-refractivity contribution in [1.29, 1.82) is 10.5 Å². The van der Waals surface area contributed by atoms with Gasteiger partial charge in [-0.25, -0.2) is 0 Å². The van der Waals surface area contributed by atoms with Crippen molar-refractivity contribution in [1.82, 2.24) is 0 Å². The van der Waals surface area contributed by atoms with Crippen LogP contribution in [0.25, 0.3) is 0 Å². The lowest BCUT2D eigenvalue weighted by Crippen LogP contribution is -2.14. The number of rotatable bonds is 9. The summed E-state index contributed by atoms with van der Waals surface area (Å²) in [5.41, 5.74) is 7.31. The fourth-order valence-electron chi connectivity index (χ4n) is 3.18. The molecule has 0 atom stereocenters.